The molecule has 0 spiro atoms. The molecule has 146 valence electrons. The predicted octanol–water partition coefficient (Wildman–Crippen LogP) is 3.48. The van der Waals surface area contributed by atoms with Crippen LogP contribution in [0.25, 0.3) is 11.0 Å². The van der Waals surface area contributed by atoms with Crippen molar-refractivity contribution in [1.82, 2.24) is 15.3 Å². The standard InChI is InChI=1S/C22H26N4O2/c1-2-15-12-24-22(25-13-15)26-9-6-16(7-10-26)27-17-3-4-18-19-5-8-23-14-21(19)28-20(18)11-17/h3-4,11-13,16,23H,2,5-10,14H2,1H3. The Kier molecular flexibility index (Phi) is 4.64. The summed E-state index contributed by atoms with van der Waals surface area (Å²) in [7, 11) is 0. The first-order valence-electron chi connectivity index (χ1n) is 10.3. The zero-order valence-corrected chi connectivity index (χ0v) is 16.3. The molecule has 5 rings (SSSR count). The van der Waals surface area contributed by atoms with Gasteiger partial charge < -0.3 is 19.4 Å². The number of nitrogens with one attached hydrogen (secondary N) is 1. The molecular formula is C22H26N4O2. The topological polar surface area (TPSA) is 63.4 Å². The van der Waals surface area contributed by atoms with Crippen LogP contribution >= 0.6 is 0 Å². The first-order valence-corrected chi connectivity index (χ1v) is 10.3. The van der Waals surface area contributed by atoms with Crippen molar-refractivity contribution in [3.05, 3.63) is 47.5 Å². The Balaban J connectivity index is 1.23. The van der Waals surface area contributed by atoms with Crippen LogP contribution in [0, 0.1) is 0 Å². The van der Waals surface area contributed by atoms with E-state index in [9.17, 15) is 0 Å². The van der Waals surface area contributed by atoms with Gasteiger partial charge in [0, 0.05) is 55.3 Å². The summed E-state index contributed by atoms with van der Waals surface area (Å²) < 4.78 is 12.3. The van der Waals surface area contributed by atoms with Crippen LogP contribution in [0.1, 0.15) is 36.7 Å². The third kappa shape index (κ3) is 3.33. The number of nitrogens with zero attached hydrogens (tertiary/aromatic N) is 3. The first-order chi connectivity index (χ1) is 13.8. The maximum atomic E-state index is 6.27. The number of ether oxygens (including phenoxy) is 1. The largest absolute Gasteiger partial charge is 0.490 e. The lowest BCUT2D eigenvalue weighted by Gasteiger charge is -2.32. The van der Waals surface area contributed by atoms with Gasteiger partial charge in [0.1, 0.15) is 23.2 Å². The van der Waals surface area contributed by atoms with Crippen molar-refractivity contribution < 1.29 is 9.15 Å². The number of benzene rings is 1. The summed E-state index contributed by atoms with van der Waals surface area (Å²) in [6, 6.07) is 6.28. The van der Waals surface area contributed by atoms with Crippen LogP contribution in [-0.2, 0) is 19.4 Å². The van der Waals surface area contributed by atoms with Crippen LogP contribution < -0.4 is 15.0 Å². The molecule has 2 aliphatic rings. The van der Waals surface area contributed by atoms with E-state index in [4.69, 9.17) is 9.15 Å². The highest BCUT2D eigenvalue weighted by atomic mass is 16.5. The number of fused-ring (bicyclic) bond motifs is 3. The SMILES string of the molecule is CCc1cnc(N2CCC(Oc3ccc4c5c(oc4c3)CNCC5)CC2)nc1. The zero-order chi connectivity index (χ0) is 18.9. The lowest BCUT2D eigenvalue weighted by atomic mass is 10.0. The Morgan fingerprint density at radius 2 is 2.04 bits per heavy atom. The van der Waals surface area contributed by atoms with E-state index >= 15 is 0 Å². The minimum atomic E-state index is 0.217. The van der Waals surface area contributed by atoms with Gasteiger partial charge >= 0.3 is 0 Å². The average molecular weight is 378 g/mol. The molecule has 1 N–H and O–H groups in total. The van der Waals surface area contributed by atoms with E-state index in [-0.39, 0.29) is 6.10 Å². The Hall–Kier alpha value is -2.60. The molecule has 6 heteroatoms. The number of aromatic nitrogens is 2. The molecule has 3 aromatic rings. The molecule has 0 amide bonds. The monoisotopic (exact) mass is 378 g/mol. The number of hydrogen-bond donors (Lipinski definition) is 1. The van der Waals surface area contributed by atoms with Gasteiger partial charge in [0.25, 0.3) is 0 Å². The number of piperidine rings is 1. The van der Waals surface area contributed by atoms with E-state index in [0.29, 0.717) is 0 Å². The number of rotatable bonds is 4. The highest BCUT2D eigenvalue weighted by Gasteiger charge is 2.23. The molecule has 1 fully saturated rings. The predicted molar refractivity (Wildman–Crippen MR) is 109 cm³/mol. The number of aryl methyl sites for hydroxylation is 1. The summed E-state index contributed by atoms with van der Waals surface area (Å²) in [5, 5.41) is 4.59. The van der Waals surface area contributed by atoms with Crippen LogP contribution in [0.15, 0.2) is 35.0 Å². The summed E-state index contributed by atoms with van der Waals surface area (Å²) in [4.78, 5) is 11.3. The molecule has 0 bridgehead atoms. The zero-order valence-electron chi connectivity index (χ0n) is 16.3. The molecule has 0 unspecified atom stereocenters. The molecule has 6 nitrogen and oxygen atoms in total. The lowest BCUT2D eigenvalue weighted by molar-refractivity contribution is 0.170. The fraction of sp³-hybridized carbons (Fsp3) is 0.455. The molecule has 0 saturated carbocycles. The smallest absolute Gasteiger partial charge is 0.225 e. The van der Waals surface area contributed by atoms with Crippen LogP contribution in [-0.4, -0.2) is 35.7 Å². The van der Waals surface area contributed by atoms with Crippen molar-refractivity contribution in [3.63, 3.8) is 0 Å². The number of furan rings is 1. The maximum absolute atomic E-state index is 6.27. The van der Waals surface area contributed by atoms with E-state index in [2.05, 4.69) is 39.2 Å². The van der Waals surface area contributed by atoms with Crippen molar-refractivity contribution >= 4 is 16.9 Å². The minimum absolute atomic E-state index is 0.217. The second-order valence-corrected chi connectivity index (χ2v) is 7.64. The van der Waals surface area contributed by atoms with E-state index in [1.807, 2.05) is 18.5 Å². The normalized spacial score (nSPS) is 17.7. The van der Waals surface area contributed by atoms with Gasteiger partial charge in [0.05, 0.1) is 6.54 Å². The molecular weight excluding hydrogens is 352 g/mol. The van der Waals surface area contributed by atoms with E-state index in [0.717, 1.165) is 74.9 Å². The molecule has 28 heavy (non-hydrogen) atoms. The first kappa shape index (κ1) is 17.5. The van der Waals surface area contributed by atoms with Crippen molar-refractivity contribution in [3.8, 4) is 5.75 Å². The maximum Gasteiger partial charge on any atom is 0.225 e. The van der Waals surface area contributed by atoms with Crippen molar-refractivity contribution in [2.45, 2.75) is 45.3 Å². The number of hydrogen-bond acceptors (Lipinski definition) is 6. The summed E-state index contributed by atoms with van der Waals surface area (Å²) in [5.74, 6) is 2.79. The molecule has 2 aliphatic heterocycles. The summed E-state index contributed by atoms with van der Waals surface area (Å²) in [6.07, 6.45) is 8.01. The molecule has 4 heterocycles. The van der Waals surface area contributed by atoms with Gasteiger partial charge in [-0.05, 0) is 37.1 Å². The highest BCUT2D eigenvalue weighted by molar-refractivity contribution is 5.83. The van der Waals surface area contributed by atoms with Crippen LogP contribution in [0.5, 0.6) is 5.75 Å². The van der Waals surface area contributed by atoms with Crippen molar-refractivity contribution in [1.29, 1.82) is 0 Å². The summed E-state index contributed by atoms with van der Waals surface area (Å²) >= 11 is 0. The molecule has 1 saturated heterocycles. The van der Waals surface area contributed by atoms with Crippen LogP contribution in [0.2, 0.25) is 0 Å². The molecule has 0 atom stereocenters. The Labute approximate surface area is 164 Å². The van der Waals surface area contributed by atoms with Gasteiger partial charge in [-0.1, -0.05) is 6.92 Å². The molecule has 1 aromatic carbocycles. The Morgan fingerprint density at radius 3 is 2.82 bits per heavy atom. The molecule has 0 aliphatic carbocycles. The summed E-state index contributed by atoms with van der Waals surface area (Å²) in [6.45, 7) is 5.79. The van der Waals surface area contributed by atoms with Crippen LogP contribution in [0.4, 0.5) is 5.95 Å². The van der Waals surface area contributed by atoms with E-state index < -0.39 is 0 Å². The van der Waals surface area contributed by atoms with Gasteiger partial charge in [-0.25, -0.2) is 9.97 Å². The van der Waals surface area contributed by atoms with Gasteiger partial charge in [0.2, 0.25) is 5.95 Å². The van der Waals surface area contributed by atoms with Gasteiger partial charge in [-0.15, -0.1) is 0 Å². The second kappa shape index (κ2) is 7.43. The highest BCUT2D eigenvalue weighted by Crippen LogP contribution is 2.32. The fourth-order valence-electron chi connectivity index (χ4n) is 4.15. The van der Waals surface area contributed by atoms with E-state index in [1.165, 1.54) is 16.5 Å². The number of anilines is 1. The summed E-state index contributed by atoms with van der Waals surface area (Å²) in [5.41, 5.74) is 3.46. The Bertz CT molecular complexity index is 959. The van der Waals surface area contributed by atoms with E-state index in [1.54, 1.807) is 0 Å². The molecule has 2 aromatic heterocycles. The third-order valence-electron chi connectivity index (χ3n) is 5.81. The van der Waals surface area contributed by atoms with Gasteiger partial charge in [0.15, 0.2) is 0 Å². The second-order valence-electron chi connectivity index (χ2n) is 7.64. The van der Waals surface area contributed by atoms with Gasteiger partial charge in [-0.3, -0.25) is 0 Å². The Morgan fingerprint density at radius 1 is 1.21 bits per heavy atom. The van der Waals surface area contributed by atoms with Crippen molar-refractivity contribution in [2.75, 3.05) is 24.5 Å². The average Bonchev–Trinajstić information content (AvgIpc) is 3.12. The fourth-order valence-corrected chi connectivity index (χ4v) is 4.15. The molecule has 0 radical (unpaired) electrons. The van der Waals surface area contributed by atoms with Crippen LogP contribution in [0.3, 0.4) is 0 Å². The lowest BCUT2D eigenvalue weighted by Crippen LogP contribution is -2.39. The van der Waals surface area contributed by atoms with Gasteiger partial charge in [-0.2, -0.15) is 0 Å². The third-order valence-corrected chi connectivity index (χ3v) is 5.81. The van der Waals surface area contributed by atoms with Crippen molar-refractivity contribution in [2.24, 2.45) is 0 Å². The quantitative estimate of drug-likeness (QED) is 0.750. The minimum Gasteiger partial charge on any atom is -0.490 e.